The molecule has 3 nitrogen and oxygen atoms in total. The van der Waals surface area contributed by atoms with E-state index >= 15 is 0 Å². The van der Waals surface area contributed by atoms with Crippen LogP contribution in [0.4, 0.5) is 10.1 Å². The third-order valence-corrected chi connectivity index (χ3v) is 3.69. The summed E-state index contributed by atoms with van der Waals surface area (Å²) in [7, 11) is 1.30. The molecule has 0 fully saturated rings. The third-order valence-electron chi connectivity index (χ3n) is 2.87. The van der Waals surface area contributed by atoms with Crippen molar-refractivity contribution >= 4 is 39.2 Å². The lowest BCUT2D eigenvalue weighted by atomic mass is 10.1. The number of methoxy groups -OCH3 is 1. The molecule has 2 aromatic rings. The van der Waals surface area contributed by atoms with Crippen LogP contribution in [-0.2, 0) is 9.53 Å². The second-order valence-electron chi connectivity index (χ2n) is 4.27. The molecule has 0 radical (unpaired) electrons. The molecule has 0 saturated carbocycles. The van der Waals surface area contributed by atoms with Crippen LogP contribution in [0.15, 0.2) is 46.9 Å². The van der Waals surface area contributed by atoms with E-state index in [4.69, 9.17) is 16.3 Å². The van der Waals surface area contributed by atoms with Crippen LogP contribution in [0, 0.1) is 5.82 Å². The van der Waals surface area contributed by atoms with Gasteiger partial charge in [0.2, 0.25) is 0 Å². The van der Waals surface area contributed by atoms with Crippen LogP contribution in [0.3, 0.4) is 0 Å². The Balaban J connectivity index is 2.34. The molecular formula is C15H12BrClFNO2. The van der Waals surface area contributed by atoms with Crippen molar-refractivity contribution < 1.29 is 13.9 Å². The highest BCUT2D eigenvalue weighted by atomic mass is 79.9. The Morgan fingerprint density at radius 3 is 2.52 bits per heavy atom. The summed E-state index contributed by atoms with van der Waals surface area (Å²) in [5.41, 5.74) is 1.17. The first-order valence-corrected chi connectivity index (χ1v) is 7.23. The highest BCUT2D eigenvalue weighted by molar-refractivity contribution is 9.10. The van der Waals surface area contributed by atoms with E-state index in [1.54, 1.807) is 18.2 Å². The standard InChI is InChI=1S/C15H12BrClFNO2/c1-21-15(20)14(12-7-2-9(16)8-13(12)17)19-11-5-3-10(18)4-6-11/h2-8,14,19H,1H3. The van der Waals surface area contributed by atoms with E-state index in [9.17, 15) is 9.18 Å². The fourth-order valence-electron chi connectivity index (χ4n) is 1.83. The van der Waals surface area contributed by atoms with Crippen molar-refractivity contribution in [3.63, 3.8) is 0 Å². The predicted octanol–water partition coefficient (Wildman–Crippen LogP) is 4.57. The Bertz CT molecular complexity index is 649. The minimum atomic E-state index is -0.777. The predicted molar refractivity (Wildman–Crippen MR) is 83.9 cm³/mol. The number of benzene rings is 2. The van der Waals surface area contributed by atoms with Crippen molar-refractivity contribution in [2.45, 2.75) is 6.04 Å². The summed E-state index contributed by atoms with van der Waals surface area (Å²) in [5, 5.41) is 3.42. The van der Waals surface area contributed by atoms with Crippen LogP contribution in [0.2, 0.25) is 5.02 Å². The van der Waals surface area contributed by atoms with Crippen molar-refractivity contribution in [1.82, 2.24) is 0 Å². The molecule has 0 aromatic heterocycles. The van der Waals surface area contributed by atoms with Crippen molar-refractivity contribution in [2.24, 2.45) is 0 Å². The van der Waals surface area contributed by atoms with Crippen molar-refractivity contribution in [3.8, 4) is 0 Å². The number of halogens is 3. The van der Waals surface area contributed by atoms with Gasteiger partial charge >= 0.3 is 5.97 Å². The number of carbonyl (C=O) groups is 1. The number of anilines is 1. The summed E-state index contributed by atoms with van der Waals surface area (Å²) < 4.78 is 18.5. The highest BCUT2D eigenvalue weighted by Gasteiger charge is 2.23. The van der Waals surface area contributed by atoms with Crippen LogP contribution < -0.4 is 5.32 Å². The van der Waals surface area contributed by atoms with Gasteiger partial charge in [-0.2, -0.15) is 0 Å². The summed E-state index contributed by atoms with van der Waals surface area (Å²) in [5.74, 6) is -0.833. The van der Waals surface area contributed by atoms with Gasteiger partial charge < -0.3 is 10.1 Å². The van der Waals surface area contributed by atoms with Crippen LogP contribution >= 0.6 is 27.5 Å². The van der Waals surface area contributed by atoms with E-state index in [-0.39, 0.29) is 5.82 Å². The summed E-state index contributed by atoms with van der Waals surface area (Å²) in [6, 6.07) is 10.1. The topological polar surface area (TPSA) is 38.3 Å². The lowest BCUT2D eigenvalue weighted by molar-refractivity contribution is -0.141. The second kappa shape index (κ2) is 6.91. The number of nitrogens with one attached hydrogen (secondary N) is 1. The zero-order valence-electron chi connectivity index (χ0n) is 11.1. The number of ether oxygens (including phenoxy) is 1. The number of rotatable bonds is 4. The number of hydrogen-bond acceptors (Lipinski definition) is 3. The number of carbonyl (C=O) groups excluding carboxylic acids is 1. The first-order chi connectivity index (χ1) is 10.0. The zero-order valence-corrected chi connectivity index (χ0v) is 13.4. The zero-order chi connectivity index (χ0) is 15.4. The van der Waals surface area contributed by atoms with E-state index in [0.717, 1.165) is 4.47 Å². The first kappa shape index (κ1) is 15.8. The van der Waals surface area contributed by atoms with Gasteiger partial charge in [-0.3, -0.25) is 0 Å². The molecule has 1 unspecified atom stereocenters. The van der Waals surface area contributed by atoms with Gasteiger partial charge in [0, 0.05) is 20.7 Å². The molecule has 2 rings (SSSR count). The van der Waals surface area contributed by atoms with Crippen LogP contribution in [0.25, 0.3) is 0 Å². The fourth-order valence-corrected chi connectivity index (χ4v) is 2.61. The maximum Gasteiger partial charge on any atom is 0.333 e. The molecule has 1 N–H and O–H groups in total. The minimum Gasteiger partial charge on any atom is -0.467 e. The van der Waals surface area contributed by atoms with Crippen LogP contribution in [0.1, 0.15) is 11.6 Å². The Morgan fingerprint density at radius 1 is 1.29 bits per heavy atom. The minimum absolute atomic E-state index is 0.350. The Kier molecular flexibility index (Phi) is 5.20. The Hall–Kier alpha value is -1.59. The number of hydrogen-bond donors (Lipinski definition) is 1. The van der Waals surface area contributed by atoms with Gasteiger partial charge in [-0.1, -0.05) is 33.6 Å². The molecule has 0 aliphatic heterocycles. The molecule has 0 bridgehead atoms. The van der Waals surface area contributed by atoms with Gasteiger partial charge in [-0.25, -0.2) is 9.18 Å². The van der Waals surface area contributed by atoms with Gasteiger partial charge in [0.1, 0.15) is 5.82 Å². The Morgan fingerprint density at radius 2 is 1.95 bits per heavy atom. The van der Waals surface area contributed by atoms with E-state index in [0.29, 0.717) is 16.3 Å². The summed E-state index contributed by atoms with van der Waals surface area (Å²) in [6.45, 7) is 0. The van der Waals surface area contributed by atoms with Gasteiger partial charge in [0.15, 0.2) is 6.04 Å². The van der Waals surface area contributed by atoms with Gasteiger partial charge in [0.05, 0.1) is 7.11 Å². The molecule has 2 aromatic carbocycles. The molecule has 0 spiro atoms. The van der Waals surface area contributed by atoms with E-state index in [1.807, 2.05) is 0 Å². The maximum atomic E-state index is 12.9. The maximum absolute atomic E-state index is 12.9. The lowest BCUT2D eigenvalue weighted by Crippen LogP contribution is -2.22. The molecule has 110 valence electrons. The van der Waals surface area contributed by atoms with E-state index in [2.05, 4.69) is 21.2 Å². The first-order valence-electron chi connectivity index (χ1n) is 6.06. The van der Waals surface area contributed by atoms with Crippen LogP contribution in [-0.4, -0.2) is 13.1 Å². The van der Waals surface area contributed by atoms with Gasteiger partial charge in [0.25, 0.3) is 0 Å². The molecular weight excluding hydrogens is 361 g/mol. The monoisotopic (exact) mass is 371 g/mol. The highest BCUT2D eigenvalue weighted by Crippen LogP contribution is 2.29. The summed E-state index contributed by atoms with van der Waals surface area (Å²) in [4.78, 5) is 12.0. The molecule has 0 aliphatic carbocycles. The van der Waals surface area contributed by atoms with Crippen molar-refractivity contribution in [2.75, 3.05) is 12.4 Å². The molecule has 0 aliphatic rings. The van der Waals surface area contributed by atoms with Crippen molar-refractivity contribution in [3.05, 3.63) is 63.3 Å². The fraction of sp³-hybridized carbons (Fsp3) is 0.133. The normalized spacial score (nSPS) is 11.8. The molecule has 0 heterocycles. The van der Waals surface area contributed by atoms with E-state index < -0.39 is 12.0 Å². The Labute approximate surface area is 135 Å². The average Bonchev–Trinajstić information content (AvgIpc) is 2.47. The van der Waals surface area contributed by atoms with Crippen molar-refractivity contribution in [1.29, 1.82) is 0 Å². The van der Waals surface area contributed by atoms with E-state index in [1.165, 1.54) is 31.4 Å². The quantitative estimate of drug-likeness (QED) is 0.799. The summed E-state index contributed by atoms with van der Waals surface area (Å²) in [6.07, 6.45) is 0. The second-order valence-corrected chi connectivity index (χ2v) is 5.60. The molecule has 0 saturated heterocycles. The lowest BCUT2D eigenvalue weighted by Gasteiger charge is -2.19. The summed E-state index contributed by atoms with van der Waals surface area (Å²) >= 11 is 9.49. The smallest absolute Gasteiger partial charge is 0.333 e. The van der Waals surface area contributed by atoms with Gasteiger partial charge in [-0.15, -0.1) is 0 Å². The van der Waals surface area contributed by atoms with Crippen LogP contribution in [0.5, 0.6) is 0 Å². The molecule has 0 amide bonds. The largest absolute Gasteiger partial charge is 0.467 e. The molecule has 6 heteroatoms. The third kappa shape index (κ3) is 3.95. The SMILES string of the molecule is COC(=O)C(Nc1ccc(F)cc1)c1ccc(Br)cc1Cl. The van der Waals surface area contributed by atoms with Gasteiger partial charge in [-0.05, 0) is 36.4 Å². The molecule has 21 heavy (non-hydrogen) atoms. The number of esters is 1. The molecule has 1 atom stereocenters. The average molecular weight is 373 g/mol.